The Hall–Kier alpha value is -2.45. The minimum Gasteiger partial charge on any atom is -0.479 e. The van der Waals surface area contributed by atoms with E-state index in [2.05, 4.69) is 19.9 Å². The zero-order valence-electron chi connectivity index (χ0n) is 14.4. The van der Waals surface area contributed by atoms with Gasteiger partial charge in [0.2, 0.25) is 5.28 Å². The van der Waals surface area contributed by atoms with Gasteiger partial charge >= 0.3 is 5.97 Å². The quantitative estimate of drug-likeness (QED) is 0.467. The second kappa shape index (κ2) is 7.76. The first-order valence-corrected chi connectivity index (χ1v) is 9.54. The maximum atomic E-state index is 14.8. The smallest absolute Gasteiger partial charge is 0.339 e. The third-order valence-corrected chi connectivity index (χ3v) is 5.13. The van der Waals surface area contributed by atoms with Crippen LogP contribution in [0.15, 0.2) is 17.2 Å². The van der Waals surface area contributed by atoms with E-state index in [1.807, 2.05) is 0 Å². The average molecular weight is 445 g/mol. The molecule has 1 saturated heterocycles. The number of hydrogen-bond acceptors (Lipinski definition) is 10. The topological polar surface area (TPSA) is 158 Å². The predicted molar refractivity (Wildman–Crippen MR) is 98.0 cm³/mol. The molecule has 3 aromatic rings. The molecule has 5 atom stereocenters. The highest BCUT2D eigenvalue weighted by molar-refractivity contribution is 7.07. The summed E-state index contributed by atoms with van der Waals surface area (Å²) < 4.78 is 26.9. The number of nitrogens with zero attached hydrogens (tertiary/aromatic N) is 5. The second-order valence-electron chi connectivity index (χ2n) is 6.17. The summed E-state index contributed by atoms with van der Waals surface area (Å²) in [7, 11) is 0. The van der Waals surface area contributed by atoms with E-state index in [-0.39, 0.29) is 34.6 Å². The molecule has 0 saturated carbocycles. The monoisotopic (exact) mass is 444 g/mol. The van der Waals surface area contributed by atoms with Crippen LogP contribution < -0.4 is 5.73 Å². The van der Waals surface area contributed by atoms with E-state index in [0.29, 0.717) is 0 Å². The minimum atomic E-state index is -1.86. The summed E-state index contributed by atoms with van der Waals surface area (Å²) in [6, 6.07) is 0. The molecule has 3 aromatic heterocycles. The van der Waals surface area contributed by atoms with Gasteiger partial charge in [-0.2, -0.15) is 9.97 Å². The number of imidazole rings is 1. The van der Waals surface area contributed by atoms with Crippen LogP contribution in [0.2, 0.25) is 5.28 Å². The number of aliphatic hydroxyl groups is 1. The third kappa shape index (κ3) is 3.62. The summed E-state index contributed by atoms with van der Waals surface area (Å²) in [5, 5.41) is 20.9. The first-order valence-electron chi connectivity index (χ1n) is 8.22. The van der Waals surface area contributed by atoms with Gasteiger partial charge in [0, 0.05) is 5.38 Å². The molecule has 1 aliphatic rings. The van der Waals surface area contributed by atoms with Gasteiger partial charge in [-0.3, -0.25) is 4.57 Å². The van der Waals surface area contributed by atoms with Crippen molar-refractivity contribution in [1.82, 2.24) is 24.5 Å². The zero-order chi connectivity index (χ0) is 20.7. The lowest BCUT2D eigenvalue weighted by atomic mass is 10.1. The van der Waals surface area contributed by atoms with E-state index in [9.17, 15) is 19.4 Å². The van der Waals surface area contributed by atoms with Crippen molar-refractivity contribution in [2.75, 3.05) is 12.3 Å². The number of carboxylic acids is 1. The first-order chi connectivity index (χ1) is 13.9. The number of nitrogen functional groups attached to an aromatic ring is 1. The minimum absolute atomic E-state index is 0.0140. The SMILES string of the molecule is Nc1nc(Cl)nc2c1ncn2[C@@H]1OC(COC(C(=O)O)c2cscn2)C(O)[C@@H]1F. The van der Waals surface area contributed by atoms with Gasteiger partial charge in [-0.05, 0) is 11.6 Å². The molecule has 0 aromatic carbocycles. The number of rotatable bonds is 6. The van der Waals surface area contributed by atoms with E-state index in [4.69, 9.17) is 26.8 Å². The van der Waals surface area contributed by atoms with Crippen LogP contribution in [0.5, 0.6) is 0 Å². The number of aliphatic carboxylic acids is 1. The molecular formula is C15H14ClFN6O5S. The van der Waals surface area contributed by atoms with Crippen molar-refractivity contribution in [1.29, 1.82) is 0 Å². The highest BCUT2D eigenvalue weighted by Crippen LogP contribution is 2.35. The third-order valence-electron chi connectivity index (χ3n) is 4.36. The summed E-state index contributed by atoms with van der Waals surface area (Å²) >= 11 is 7.02. The number of anilines is 1. The molecular weight excluding hydrogens is 431 g/mol. The largest absolute Gasteiger partial charge is 0.479 e. The number of nitrogens with two attached hydrogens (primary N) is 1. The lowest BCUT2D eigenvalue weighted by Gasteiger charge is -2.18. The Kier molecular flexibility index (Phi) is 5.31. The van der Waals surface area contributed by atoms with E-state index in [1.165, 1.54) is 33.1 Å². The van der Waals surface area contributed by atoms with Crippen molar-refractivity contribution in [3.63, 3.8) is 0 Å². The number of carboxylic acid groups (broad SMARTS) is 1. The van der Waals surface area contributed by atoms with Crippen molar-refractivity contribution in [2.24, 2.45) is 0 Å². The number of fused-ring (bicyclic) bond motifs is 1. The van der Waals surface area contributed by atoms with Crippen LogP contribution in [0.4, 0.5) is 10.2 Å². The Bertz CT molecular complexity index is 1040. The van der Waals surface area contributed by atoms with Crippen LogP contribution in [0, 0.1) is 0 Å². The van der Waals surface area contributed by atoms with Crippen molar-refractivity contribution < 1.29 is 28.9 Å². The van der Waals surface area contributed by atoms with E-state index in [1.54, 1.807) is 0 Å². The van der Waals surface area contributed by atoms with Gasteiger partial charge in [0.15, 0.2) is 30.0 Å². The van der Waals surface area contributed by atoms with Gasteiger partial charge in [0.1, 0.15) is 17.7 Å². The van der Waals surface area contributed by atoms with Gasteiger partial charge in [0.25, 0.3) is 0 Å². The summed E-state index contributed by atoms with van der Waals surface area (Å²) in [6.07, 6.45) is -5.99. The fourth-order valence-electron chi connectivity index (χ4n) is 2.99. The molecule has 0 aliphatic carbocycles. The summed E-state index contributed by atoms with van der Waals surface area (Å²) in [5.41, 5.74) is 7.74. The van der Waals surface area contributed by atoms with Crippen molar-refractivity contribution in [3.8, 4) is 0 Å². The van der Waals surface area contributed by atoms with E-state index < -0.39 is 36.7 Å². The number of aliphatic hydroxyl groups excluding tert-OH is 1. The molecule has 0 radical (unpaired) electrons. The van der Waals surface area contributed by atoms with Gasteiger partial charge in [-0.15, -0.1) is 11.3 Å². The average Bonchev–Trinajstić information content (AvgIpc) is 3.38. The fraction of sp³-hybridized carbons (Fsp3) is 0.400. The Balaban J connectivity index is 1.53. The molecule has 4 heterocycles. The lowest BCUT2D eigenvalue weighted by molar-refractivity contribution is -0.155. The molecule has 154 valence electrons. The Morgan fingerprint density at radius 3 is 2.97 bits per heavy atom. The van der Waals surface area contributed by atoms with Crippen molar-refractivity contribution in [3.05, 3.63) is 28.2 Å². The number of aromatic nitrogens is 5. The van der Waals surface area contributed by atoms with Crippen LogP contribution >= 0.6 is 22.9 Å². The standard InChI is InChI=1S/C15H14ClFN6O5S/c16-15-21-11(18)8-12(22-15)23(3-19-8)13-7(17)9(24)6(28-13)1-27-10(14(25)26)5-2-29-4-20-5/h2-4,6-7,9-10,13,24H,1H2,(H,25,26)(H2,18,21,22)/t6?,7-,9?,10?,13+/m0/s1. The van der Waals surface area contributed by atoms with Crippen LogP contribution in [0.3, 0.4) is 0 Å². The molecule has 0 spiro atoms. The van der Waals surface area contributed by atoms with Gasteiger partial charge < -0.3 is 25.4 Å². The molecule has 14 heteroatoms. The molecule has 29 heavy (non-hydrogen) atoms. The van der Waals surface area contributed by atoms with Crippen LogP contribution in [-0.2, 0) is 14.3 Å². The molecule has 4 rings (SSSR count). The Morgan fingerprint density at radius 2 is 2.28 bits per heavy atom. The molecule has 1 fully saturated rings. The second-order valence-corrected chi connectivity index (χ2v) is 7.22. The number of thiazole rings is 1. The molecule has 4 N–H and O–H groups in total. The van der Waals surface area contributed by atoms with Crippen LogP contribution in [-0.4, -0.2) is 65.7 Å². The number of halogens is 2. The van der Waals surface area contributed by atoms with E-state index >= 15 is 0 Å². The Morgan fingerprint density at radius 1 is 1.48 bits per heavy atom. The van der Waals surface area contributed by atoms with Crippen molar-refractivity contribution >= 4 is 45.9 Å². The van der Waals surface area contributed by atoms with Gasteiger partial charge in [0.05, 0.1) is 24.1 Å². The van der Waals surface area contributed by atoms with Crippen LogP contribution in [0.25, 0.3) is 11.2 Å². The number of alkyl halides is 1. The number of carbonyl (C=O) groups is 1. The Labute approximate surface area is 170 Å². The highest BCUT2D eigenvalue weighted by Gasteiger charge is 2.46. The molecule has 0 amide bonds. The number of hydrogen-bond donors (Lipinski definition) is 3. The van der Waals surface area contributed by atoms with Crippen LogP contribution in [0.1, 0.15) is 18.0 Å². The zero-order valence-corrected chi connectivity index (χ0v) is 16.0. The molecule has 3 unspecified atom stereocenters. The first kappa shape index (κ1) is 19.8. The summed E-state index contributed by atoms with van der Waals surface area (Å²) in [5.74, 6) is -1.25. The summed E-state index contributed by atoms with van der Waals surface area (Å²) in [6.45, 7) is -0.378. The van der Waals surface area contributed by atoms with Crippen molar-refractivity contribution in [2.45, 2.75) is 30.7 Å². The van der Waals surface area contributed by atoms with Gasteiger partial charge in [-0.25, -0.2) is 19.2 Å². The predicted octanol–water partition coefficient (Wildman–Crippen LogP) is 0.957. The number of ether oxygens (including phenoxy) is 2. The van der Waals surface area contributed by atoms with Gasteiger partial charge in [-0.1, -0.05) is 0 Å². The maximum Gasteiger partial charge on any atom is 0.339 e. The molecule has 11 nitrogen and oxygen atoms in total. The summed E-state index contributed by atoms with van der Waals surface area (Å²) in [4.78, 5) is 27.1. The highest BCUT2D eigenvalue weighted by atomic mass is 35.5. The maximum absolute atomic E-state index is 14.8. The van der Waals surface area contributed by atoms with E-state index in [0.717, 1.165) is 0 Å². The lowest BCUT2D eigenvalue weighted by Crippen LogP contribution is -2.33. The molecule has 0 bridgehead atoms. The molecule has 1 aliphatic heterocycles. The normalized spacial score (nSPS) is 25.5. The fourth-order valence-corrected chi connectivity index (χ4v) is 3.73.